The van der Waals surface area contributed by atoms with Gasteiger partial charge in [-0.3, -0.25) is 15.0 Å². The number of carbonyl (C=O) groups excluding carboxylic acids is 1. The zero-order chi connectivity index (χ0) is 33.3. The molecular weight excluding hydrogens is 657 g/mol. The summed E-state index contributed by atoms with van der Waals surface area (Å²) < 4.78 is 5.56. The third-order valence-electron chi connectivity index (χ3n) is 7.96. The molecule has 4 N–H and O–H groups in total. The van der Waals surface area contributed by atoms with Crippen molar-refractivity contribution in [1.82, 2.24) is 30.8 Å². The maximum Gasteiger partial charge on any atom is 0.410 e. The van der Waals surface area contributed by atoms with Crippen LogP contribution in [0, 0.1) is 18.3 Å². The number of anilines is 3. The third-order valence-corrected chi connectivity index (χ3v) is 9.50. The first kappa shape index (κ1) is 32.7. The van der Waals surface area contributed by atoms with Crippen LogP contribution in [0.2, 0.25) is 10.0 Å². The first-order valence-corrected chi connectivity index (χ1v) is 16.8. The number of benzene rings is 2. The van der Waals surface area contributed by atoms with E-state index in [1.54, 1.807) is 10.4 Å². The van der Waals surface area contributed by atoms with Crippen molar-refractivity contribution in [2.75, 3.05) is 23.7 Å². The van der Waals surface area contributed by atoms with Crippen LogP contribution in [0.25, 0.3) is 10.9 Å². The van der Waals surface area contributed by atoms with Crippen molar-refractivity contribution >= 4 is 68.6 Å². The van der Waals surface area contributed by atoms with Gasteiger partial charge < -0.3 is 25.7 Å². The Bertz CT molecular complexity index is 1860. The molecule has 6 rings (SSSR count). The van der Waals surface area contributed by atoms with E-state index in [-0.39, 0.29) is 18.2 Å². The van der Waals surface area contributed by atoms with Gasteiger partial charge in [-0.15, -0.1) is 16.9 Å². The topological polar surface area (TPSA) is 130 Å². The number of rotatable bonds is 7. The summed E-state index contributed by atoms with van der Waals surface area (Å²) in [6, 6.07) is 11.6. The van der Waals surface area contributed by atoms with Gasteiger partial charge in [-0.25, -0.2) is 4.79 Å². The summed E-state index contributed by atoms with van der Waals surface area (Å²) in [7, 11) is 0. The first-order chi connectivity index (χ1) is 22.5. The van der Waals surface area contributed by atoms with Crippen LogP contribution in [-0.4, -0.2) is 50.7 Å². The number of aryl methyl sites for hydroxylation is 1. The lowest BCUT2D eigenvalue weighted by Crippen LogP contribution is -2.50. The van der Waals surface area contributed by atoms with Crippen molar-refractivity contribution in [2.45, 2.75) is 58.2 Å². The summed E-state index contributed by atoms with van der Waals surface area (Å²) in [5.74, 6) is 0. The fourth-order valence-corrected chi connectivity index (χ4v) is 6.69. The molecular formula is C33H35Cl2N9O2S. The van der Waals surface area contributed by atoms with E-state index in [0.717, 1.165) is 40.4 Å². The monoisotopic (exact) mass is 691 g/mol. The van der Waals surface area contributed by atoms with Crippen LogP contribution in [-0.2, 0) is 4.74 Å². The molecule has 1 fully saturated rings. The predicted octanol–water partition coefficient (Wildman–Crippen LogP) is 7.64. The van der Waals surface area contributed by atoms with E-state index in [1.165, 1.54) is 17.5 Å². The largest absolute Gasteiger partial charge is 0.444 e. The lowest BCUT2D eigenvalue weighted by Gasteiger charge is -2.36. The predicted molar refractivity (Wildman–Crippen MR) is 186 cm³/mol. The van der Waals surface area contributed by atoms with E-state index in [0.29, 0.717) is 45.3 Å². The zero-order valence-electron chi connectivity index (χ0n) is 26.4. The van der Waals surface area contributed by atoms with Crippen molar-refractivity contribution in [2.24, 2.45) is 0 Å². The number of nitrogens with zero attached hydrogens (tertiary/aromatic N) is 5. The smallest absolute Gasteiger partial charge is 0.410 e. The Kier molecular flexibility index (Phi) is 9.34. The van der Waals surface area contributed by atoms with Gasteiger partial charge in [0.2, 0.25) is 0 Å². The molecule has 2 aliphatic rings. The Labute approximate surface area is 287 Å². The van der Waals surface area contributed by atoms with Gasteiger partial charge in [0, 0.05) is 59.5 Å². The summed E-state index contributed by atoms with van der Waals surface area (Å²) >= 11 is 14.7. The number of piperidine rings is 1. The molecule has 4 heterocycles. The molecule has 1 amide bonds. The molecule has 0 spiro atoms. The molecule has 0 aliphatic carbocycles. The third kappa shape index (κ3) is 7.34. The minimum Gasteiger partial charge on any atom is -0.444 e. The second kappa shape index (κ2) is 13.4. The van der Waals surface area contributed by atoms with Gasteiger partial charge in [-0.1, -0.05) is 29.3 Å². The molecule has 0 radical (unpaired) electrons. The molecule has 244 valence electrons. The van der Waals surface area contributed by atoms with Crippen LogP contribution in [0.1, 0.15) is 55.7 Å². The fourth-order valence-electron chi connectivity index (χ4n) is 5.55. The second-order valence-electron chi connectivity index (χ2n) is 12.5. The lowest BCUT2D eigenvalue weighted by molar-refractivity contribution is 0.0144. The quantitative estimate of drug-likeness (QED) is 0.153. The number of hydrazine groups is 2. The van der Waals surface area contributed by atoms with E-state index in [9.17, 15) is 10.1 Å². The van der Waals surface area contributed by atoms with Gasteiger partial charge >= 0.3 is 6.09 Å². The number of fused-ring (bicyclic) bond motifs is 1. The van der Waals surface area contributed by atoms with E-state index >= 15 is 0 Å². The maximum atomic E-state index is 12.6. The summed E-state index contributed by atoms with van der Waals surface area (Å²) in [4.78, 5) is 24.1. The number of pyridine rings is 1. The number of ether oxygens (including phenoxy) is 1. The number of nitriles is 1. The Hall–Kier alpha value is -4.28. The molecule has 1 atom stereocenters. The highest BCUT2D eigenvalue weighted by molar-refractivity contribution is 7.09. The molecule has 0 saturated carbocycles. The number of aromatic nitrogens is 2. The zero-order valence-corrected chi connectivity index (χ0v) is 28.7. The van der Waals surface area contributed by atoms with Crippen molar-refractivity contribution in [1.29, 1.82) is 5.26 Å². The number of thiazole rings is 1. The van der Waals surface area contributed by atoms with Crippen LogP contribution in [0.3, 0.4) is 0 Å². The molecule has 0 bridgehead atoms. The minimum atomic E-state index is -0.526. The number of carbonyl (C=O) groups is 1. The normalized spacial score (nSPS) is 16.0. The average Bonchev–Trinajstić information content (AvgIpc) is 3.75. The van der Waals surface area contributed by atoms with Crippen molar-refractivity contribution in [3.8, 4) is 6.07 Å². The highest BCUT2D eigenvalue weighted by Gasteiger charge is 2.32. The van der Waals surface area contributed by atoms with Crippen molar-refractivity contribution in [3.05, 3.63) is 86.2 Å². The molecule has 11 nitrogen and oxygen atoms in total. The Morgan fingerprint density at radius 2 is 1.91 bits per heavy atom. The summed E-state index contributed by atoms with van der Waals surface area (Å²) in [6.07, 6.45) is 6.70. The summed E-state index contributed by atoms with van der Waals surface area (Å²) in [5.41, 5.74) is 12.7. The molecule has 14 heteroatoms. The molecule has 2 aromatic carbocycles. The molecule has 2 aliphatic heterocycles. The van der Waals surface area contributed by atoms with Gasteiger partial charge in [0.25, 0.3) is 0 Å². The maximum absolute atomic E-state index is 12.6. The van der Waals surface area contributed by atoms with Crippen LogP contribution in [0.15, 0.2) is 60.1 Å². The van der Waals surface area contributed by atoms with Gasteiger partial charge in [-0.2, -0.15) is 5.26 Å². The minimum absolute atomic E-state index is 0.176. The van der Waals surface area contributed by atoms with Gasteiger partial charge in [0.05, 0.1) is 37.9 Å². The Morgan fingerprint density at radius 3 is 2.60 bits per heavy atom. The number of amides is 1. The van der Waals surface area contributed by atoms with Crippen molar-refractivity contribution < 1.29 is 9.53 Å². The van der Waals surface area contributed by atoms with Gasteiger partial charge in [0.1, 0.15) is 17.7 Å². The number of halogens is 2. The second-order valence-corrected chi connectivity index (χ2v) is 14.2. The summed E-state index contributed by atoms with van der Waals surface area (Å²) in [6.45, 7) is 8.78. The number of nitrogens with one attached hydrogen (secondary N) is 4. The molecule has 2 aromatic heterocycles. The average molecular weight is 693 g/mol. The number of likely N-dealkylation sites (tertiary alicyclic amines) is 1. The van der Waals surface area contributed by atoms with Crippen LogP contribution in [0.5, 0.6) is 0 Å². The van der Waals surface area contributed by atoms with E-state index in [1.807, 2.05) is 64.2 Å². The molecule has 47 heavy (non-hydrogen) atoms. The lowest BCUT2D eigenvalue weighted by atomic mass is 10.0. The van der Waals surface area contributed by atoms with Crippen LogP contribution in [0.4, 0.5) is 21.9 Å². The van der Waals surface area contributed by atoms with E-state index in [4.69, 9.17) is 27.9 Å². The fraction of sp³-hybridized carbons (Fsp3) is 0.333. The van der Waals surface area contributed by atoms with Gasteiger partial charge in [0.15, 0.2) is 0 Å². The number of hydrogen-bond acceptors (Lipinski definition) is 11. The van der Waals surface area contributed by atoms with Crippen LogP contribution < -0.4 is 21.6 Å². The van der Waals surface area contributed by atoms with Gasteiger partial charge in [-0.05, 0) is 70.4 Å². The number of hydrogen-bond donors (Lipinski definition) is 4. The molecule has 0 unspecified atom stereocenters. The van der Waals surface area contributed by atoms with E-state index < -0.39 is 5.60 Å². The summed E-state index contributed by atoms with van der Waals surface area (Å²) in [5, 5.41) is 20.8. The van der Waals surface area contributed by atoms with E-state index in [2.05, 4.69) is 48.8 Å². The SMILES string of the molecule is Cc1ccc(Nc2c(C#N)cnc3c(Cl)cc(N[C@H](C4=CN(C5CCN(C(=O)OC(C)(C)C)CC5)NN4)c4cncs4)cc23)cc1Cl. The highest BCUT2D eigenvalue weighted by atomic mass is 35.5. The molecule has 1 saturated heterocycles. The first-order valence-electron chi connectivity index (χ1n) is 15.2. The van der Waals surface area contributed by atoms with Crippen LogP contribution >= 0.6 is 34.5 Å². The standard InChI is InChI=1S/C33H35Cl2N9O2S/c1-19-5-6-21(12-25(19)34)39-29-20(14-36)15-38-30-24(29)11-22(13-26(30)35)40-31(28-16-37-18-47-28)27-17-44(42-41-27)23-7-9-43(10-8-23)32(45)46-33(2,3)4/h5-6,11-13,15-18,23,31,40-42H,7-10H2,1-4H3,(H,38,39)/t31-/m1/s1. The highest BCUT2D eigenvalue weighted by Crippen LogP contribution is 2.38. The molecule has 4 aromatic rings. The van der Waals surface area contributed by atoms with Crippen molar-refractivity contribution in [3.63, 3.8) is 0 Å². The Morgan fingerprint density at radius 1 is 1.15 bits per heavy atom. The Balaban J connectivity index is 1.26.